The molecule has 1 aliphatic heterocycles. The van der Waals surface area contributed by atoms with E-state index in [1.165, 1.54) is 0 Å². The molecule has 0 bridgehead atoms. The molecule has 3 amide bonds. The van der Waals surface area contributed by atoms with Crippen molar-refractivity contribution in [3.05, 3.63) is 23.8 Å². The second-order valence-corrected chi connectivity index (χ2v) is 8.57. The normalized spacial score (nSPS) is 19.5. The molecule has 2 atom stereocenters. The van der Waals surface area contributed by atoms with Gasteiger partial charge >= 0.3 is 6.03 Å². The zero-order chi connectivity index (χ0) is 21.1. The lowest BCUT2D eigenvalue weighted by Gasteiger charge is -2.25. The Kier molecular flexibility index (Phi) is 6.80. The van der Waals surface area contributed by atoms with Gasteiger partial charge in [-0.3, -0.25) is 4.79 Å². The van der Waals surface area contributed by atoms with Crippen LogP contribution in [0.3, 0.4) is 0 Å². The maximum atomic E-state index is 12.9. The Morgan fingerprint density at radius 1 is 1.14 bits per heavy atom. The minimum absolute atomic E-state index is 0.0257. The summed E-state index contributed by atoms with van der Waals surface area (Å²) in [7, 11) is 3.21. The Hall–Kier alpha value is -2.44. The van der Waals surface area contributed by atoms with E-state index in [4.69, 9.17) is 9.47 Å². The quantitative estimate of drug-likeness (QED) is 0.809. The van der Waals surface area contributed by atoms with Gasteiger partial charge in [-0.25, -0.2) is 4.79 Å². The first-order chi connectivity index (χ1) is 13.1. The number of urea groups is 1. The number of nitrogens with one attached hydrogen (secondary N) is 2. The van der Waals surface area contributed by atoms with Gasteiger partial charge in [0.25, 0.3) is 0 Å². The van der Waals surface area contributed by atoms with Crippen LogP contribution in [0.15, 0.2) is 18.2 Å². The van der Waals surface area contributed by atoms with Gasteiger partial charge in [0.05, 0.1) is 20.1 Å². The summed E-state index contributed by atoms with van der Waals surface area (Å²) in [6.45, 7) is 10.5. The first-order valence-electron chi connectivity index (χ1n) is 9.65. The maximum Gasteiger partial charge on any atom is 0.317 e. The Morgan fingerprint density at radius 2 is 1.82 bits per heavy atom. The van der Waals surface area contributed by atoms with E-state index in [1.54, 1.807) is 19.1 Å². The van der Waals surface area contributed by atoms with Crippen LogP contribution in [-0.2, 0) is 4.79 Å². The van der Waals surface area contributed by atoms with E-state index in [2.05, 4.69) is 10.6 Å². The number of hydrogen-bond acceptors (Lipinski definition) is 4. The van der Waals surface area contributed by atoms with Crippen molar-refractivity contribution in [2.75, 3.05) is 27.3 Å². The molecule has 0 radical (unpaired) electrons. The molecule has 0 saturated carbocycles. The smallest absolute Gasteiger partial charge is 0.317 e. The fourth-order valence-corrected chi connectivity index (χ4v) is 3.47. The second kappa shape index (κ2) is 8.71. The van der Waals surface area contributed by atoms with Crippen molar-refractivity contribution in [1.82, 2.24) is 15.5 Å². The first kappa shape index (κ1) is 21.9. The van der Waals surface area contributed by atoms with Gasteiger partial charge in [0.15, 0.2) is 0 Å². The molecule has 1 heterocycles. The standard InChI is InChI=1S/C21H33N3O4/c1-13(2)22-19(25)17-12-24(20(26)23-21(3,4)5)11-16(17)15-10-14(27-6)8-9-18(15)28-7/h8-10,13,16-17H,11-12H2,1-7H3,(H,22,25)(H,23,26)/t16-,17+/m1/s1. The van der Waals surface area contributed by atoms with Crippen molar-refractivity contribution in [1.29, 1.82) is 0 Å². The van der Waals surface area contributed by atoms with Gasteiger partial charge in [-0.15, -0.1) is 0 Å². The van der Waals surface area contributed by atoms with E-state index in [0.717, 1.165) is 5.56 Å². The topological polar surface area (TPSA) is 79.9 Å². The van der Waals surface area contributed by atoms with Crippen LogP contribution in [0, 0.1) is 5.92 Å². The monoisotopic (exact) mass is 391 g/mol. The Morgan fingerprint density at radius 3 is 2.36 bits per heavy atom. The van der Waals surface area contributed by atoms with Gasteiger partial charge in [0.1, 0.15) is 11.5 Å². The summed E-state index contributed by atoms with van der Waals surface area (Å²) < 4.78 is 10.9. The van der Waals surface area contributed by atoms with Gasteiger partial charge < -0.3 is 25.0 Å². The van der Waals surface area contributed by atoms with Gasteiger partial charge in [0, 0.05) is 36.2 Å². The first-order valence-corrected chi connectivity index (χ1v) is 9.65. The lowest BCUT2D eigenvalue weighted by atomic mass is 9.87. The Balaban J connectivity index is 2.38. The Labute approximate surface area is 167 Å². The summed E-state index contributed by atoms with van der Waals surface area (Å²) in [6.07, 6.45) is 0. The molecule has 28 heavy (non-hydrogen) atoms. The highest BCUT2D eigenvalue weighted by Gasteiger charge is 2.42. The molecular weight excluding hydrogens is 358 g/mol. The third-order valence-electron chi connectivity index (χ3n) is 4.69. The average molecular weight is 392 g/mol. The molecule has 1 saturated heterocycles. The molecule has 7 nitrogen and oxygen atoms in total. The van der Waals surface area contributed by atoms with Crippen LogP contribution < -0.4 is 20.1 Å². The zero-order valence-electron chi connectivity index (χ0n) is 18.0. The number of ether oxygens (including phenoxy) is 2. The number of methoxy groups -OCH3 is 2. The van der Waals surface area contributed by atoms with Crippen LogP contribution in [0.1, 0.15) is 46.1 Å². The highest BCUT2D eigenvalue weighted by atomic mass is 16.5. The van der Waals surface area contributed by atoms with Gasteiger partial charge in [-0.1, -0.05) is 0 Å². The molecule has 1 fully saturated rings. The minimum atomic E-state index is -0.367. The molecule has 0 aromatic heterocycles. The van der Waals surface area contributed by atoms with Crippen molar-refractivity contribution in [3.8, 4) is 11.5 Å². The number of nitrogens with zero attached hydrogens (tertiary/aromatic N) is 1. The lowest BCUT2D eigenvalue weighted by Crippen LogP contribution is -2.48. The lowest BCUT2D eigenvalue weighted by molar-refractivity contribution is -0.125. The van der Waals surface area contributed by atoms with Crippen molar-refractivity contribution in [2.45, 2.75) is 52.1 Å². The molecule has 156 valence electrons. The van der Waals surface area contributed by atoms with Crippen LogP contribution in [0.25, 0.3) is 0 Å². The highest BCUT2D eigenvalue weighted by molar-refractivity contribution is 5.83. The fraction of sp³-hybridized carbons (Fsp3) is 0.619. The molecule has 0 aliphatic carbocycles. The fourth-order valence-electron chi connectivity index (χ4n) is 3.47. The van der Waals surface area contributed by atoms with Crippen LogP contribution in [-0.4, -0.2) is 55.7 Å². The van der Waals surface area contributed by atoms with Crippen molar-refractivity contribution >= 4 is 11.9 Å². The van der Waals surface area contributed by atoms with E-state index in [-0.39, 0.29) is 35.4 Å². The number of hydrogen-bond donors (Lipinski definition) is 2. The summed E-state index contributed by atoms with van der Waals surface area (Å²) in [6, 6.07) is 5.41. The van der Waals surface area contributed by atoms with Gasteiger partial charge in [0.2, 0.25) is 5.91 Å². The zero-order valence-corrected chi connectivity index (χ0v) is 18.0. The highest BCUT2D eigenvalue weighted by Crippen LogP contribution is 2.39. The second-order valence-electron chi connectivity index (χ2n) is 8.57. The number of likely N-dealkylation sites (tertiary alicyclic amines) is 1. The van der Waals surface area contributed by atoms with E-state index in [1.807, 2.05) is 52.8 Å². The summed E-state index contributed by atoms with van der Waals surface area (Å²) >= 11 is 0. The third-order valence-corrected chi connectivity index (χ3v) is 4.69. The van der Waals surface area contributed by atoms with Crippen molar-refractivity contribution < 1.29 is 19.1 Å². The van der Waals surface area contributed by atoms with Gasteiger partial charge in [-0.2, -0.15) is 0 Å². The Bertz CT molecular complexity index is 712. The average Bonchev–Trinajstić information content (AvgIpc) is 3.04. The molecular formula is C21H33N3O4. The molecule has 1 aliphatic rings. The van der Waals surface area contributed by atoms with Crippen LogP contribution in [0.4, 0.5) is 4.79 Å². The summed E-state index contributed by atoms with van der Waals surface area (Å²) in [5.74, 6) is 0.766. The van der Waals surface area contributed by atoms with Crippen molar-refractivity contribution in [3.63, 3.8) is 0 Å². The number of carbonyl (C=O) groups is 2. The molecule has 1 aromatic carbocycles. The predicted octanol–water partition coefficient (Wildman–Crippen LogP) is 2.75. The third kappa shape index (κ3) is 5.30. The maximum absolute atomic E-state index is 12.9. The van der Waals surface area contributed by atoms with Crippen LogP contribution in [0.5, 0.6) is 11.5 Å². The molecule has 0 spiro atoms. The van der Waals surface area contributed by atoms with E-state index >= 15 is 0 Å². The van der Waals surface area contributed by atoms with E-state index < -0.39 is 0 Å². The predicted molar refractivity (Wildman–Crippen MR) is 109 cm³/mol. The largest absolute Gasteiger partial charge is 0.497 e. The number of carbonyl (C=O) groups excluding carboxylic acids is 2. The van der Waals surface area contributed by atoms with Crippen molar-refractivity contribution in [2.24, 2.45) is 5.92 Å². The molecule has 2 rings (SSSR count). The van der Waals surface area contributed by atoms with Gasteiger partial charge in [-0.05, 0) is 52.8 Å². The summed E-state index contributed by atoms with van der Waals surface area (Å²) in [5.41, 5.74) is 0.523. The summed E-state index contributed by atoms with van der Waals surface area (Å²) in [5, 5.41) is 5.97. The number of rotatable bonds is 5. The van der Waals surface area contributed by atoms with E-state index in [0.29, 0.717) is 24.6 Å². The summed E-state index contributed by atoms with van der Waals surface area (Å²) in [4.78, 5) is 27.3. The SMILES string of the molecule is COc1ccc(OC)c([C@H]2CN(C(=O)NC(C)(C)C)C[C@@H]2C(=O)NC(C)C)c1. The number of benzene rings is 1. The van der Waals surface area contributed by atoms with E-state index in [9.17, 15) is 9.59 Å². The molecule has 2 N–H and O–H groups in total. The minimum Gasteiger partial charge on any atom is -0.497 e. The molecule has 1 aromatic rings. The van der Waals surface area contributed by atoms with Crippen LogP contribution >= 0.6 is 0 Å². The molecule has 7 heteroatoms. The van der Waals surface area contributed by atoms with Crippen LogP contribution in [0.2, 0.25) is 0 Å². The molecule has 0 unspecified atom stereocenters. The number of amides is 3.